The fourth-order valence-electron chi connectivity index (χ4n) is 1.66. The normalized spacial score (nSPS) is 17.6. The predicted octanol–water partition coefficient (Wildman–Crippen LogP) is 0.0445. The first kappa shape index (κ1) is 13.0. The maximum Gasteiger partial charge on any atom is 0.322 e. The van der Waals surface area contributed by atoms with Crippen molar-refractivity contribution in [2.75, 3.05) is 0 Å². The number of carboxylic acids is 1. The SMILES string of the molecule is CCn1cnc(S(=O)(=O)NC(C(=O)O)C2CC2)c1. The molecule has 0 aliphatic heterocycles. The van der Waals surface area contributed by atoms with Gasteiger partial charge in [0.05, 0.1) is 6.33 Å². The number of aliphatic carboxylic acids is 1. The Morgan fingerprint density at radius 1 is 1.67 bits per heavy atom. The zero-order valence-corrected chi connectivity index (χ0v) is 10.7. The number of sulfonamides is 1. The zero-order chi connectivity index (χ0) is 13.3. The summed E-state index contributed by atoms with van der Waals surface area (Å²) in [6.07, 6.45) is 4.27. The Kier molecular flexibility index (Phi) is 3.40. The standard InChI is InChI=1S/C10H15N3O4S/c1-2-13-5-8(11-6-13)18(16,17)12-9(10(14)15)7-3-4-7/h5-7,9,12H,2-4H2,1H3,(H,14,15). The third kappa shape index (κ3) is 2.70. The van der Waals surface area contributed by atoms with Crippen LogP contribution in [0.4, 0.5) is 0 Å². The Morgan fingerprint density at radius 3 is 2.78 bits per heavy atom. The molecular formula is C10H15N3O4S. The molecule has 1 atom stereocenters. The van der Waals surface area contributed by atoms with E-state index in [1.54, 1.807) is 4.57 Å². The van der Waals surface area contributed by atoms with Crippen molar-refractivity contribution in [1.82, 2.24) is 14.3 Å². The zero-order valence-electron chi connectivity index (χ0n) is 9.91. The van der Waals surface area contributed by atoms with Crippen molar-refractivity contribution in [3.63, 3.8) is 0 Å². The minimum absolute atomic E-state index is 0.106. The van der Waals surface area contributed by atoms with Gasteiger partial charge in [-0.15, -0.1) is 0 Å². The first-order chi connectivity index (χ1) is 8.44. The van der Waals surface area contributed by atoms with Crippen molar-refractivity contribution in [3.05, 3.63) is 12.5 Å². The van der Waals surface area contributed by atoms with Crippen LogP contribution in [0.15, 0.2) is 17.6 Å². The highest BCUT2D eigenvalue weighted by Gasteiger charge is 2.39. The van der Waals surface area contributed by atoms with Gasteiger partial charge in [-0.1, -0.05) is 0 Å². The van der Waals surface area contributed by atoms with E-state index >= 15 is 0 Å². The van der Waals surface area contributed by atoms with Gasteiger partial charge < -0.3 is 9.67 Å². The maximum absolute atomic E-state index is 12.0. The molecule has 7 nitrogen and oxygen atoms in total. The highest BCUT2D eigenvalue weighted by atomic mass is 32.2. The van der Waals surface area contributed by atoms with Crippen LogP contribution in [0.5, 0.6) is 0 Å². The largest absolute Gasteiger partial charge is 0.480 e. The summed E-state index contributed by atoms with van der Waals surface area (Å²) in [4.78, 5) is 14.8. The Bertz CT molecular complexity index is 547. The van der Waals surface area contributed by atoms with Crippen molar-refractivity contribution in [3.8, 4) is 0 Å². The Morgan fingerprint density at radius 2 is 2.33 bits per heavy atom. The van der Waals surface area contributed by atoms with E-state index in [-0.39, 0.29) is 10.9 Å². The van der Waals surface area contributed by atoms with Crippen LogP contribution in [0, 0.1) is 5.92 Å². The molecule has 1 fully saturated rings. The summed E-state index contributed by atoms with van der Waals surface area (Å²) in [5.41, 5.74) is 0. The van der Waals surface area contributed by atoms with Crippen LogP contribution in [-0.4, -0.2) is 35.1 Å². The molecule has 1 aromatic rings. The number of aromatic nitrogens is 2. The van der Waals surface area contributed by atoms with Crippen LogP contribution < -0.4 is 4.72 Å². The number of carboxylic acid groups (broad SMARTS) is 1. The maximum atomic E-state index is 12.0. The van der Waals surface area contributed by atoms with E-state index in [1.165, 1.54) is 12.5 Å². The van der Waals surface area contributed by atoms with E-state index in [9.17, 15) is 13.2 Å². The van der Waals surface area contributed by atoms with Crippen LogP contribution in [0.1, 0.15) is 19.8 Å². The average molecular weight is 273 g/mol. The molecule has 100 valence electrons. The lowest BCUT2D eigenvalue weighted by atomic mass is 10.2. The first-order valence-electron chi connectivity index (χ1n) is 5.71. The quantitative estimate of drug-likeness (QED) is 0.762. The van der Waals surface area contributed by atoms with Gasteiger partial charge in [0.2, 0.25) is 0 Å². The Hall–Kier alpha value is -1.41. The van der Waals surface area contributed by atoms with Gasteiger partial charge in [0.1, 0.15) is 6.04 Å². The number of nitrogens with one attached hydrogen (secondary N) is 1. The molecule has 0 aromatic carbocycles. The molecule has 18 heavy (non-hydrogen) atoms. The molecule has 0 spiro atoms. The van der Waals surface area contributed by atoms with Crippen molar-refractivity contribution in [2.45, 2.75) is 37.4 Å². The van der Waals surface area contributed by atoms with Crippen LogP contribution in [0.3, 0.4) is 0 Å². The van der Waals surface area contributed by atoms with Crippen LogP contribution in [0.25, 0.3) is 0 Å². The minimum atomic E-state index is -3.86. The molecule has 0 radical (unpaired) electrons. The van der Waals surface area contributed by atoms with Gasteiger partial charge in [-0.2, -0.15) is 4.72 Å². The fraction of sp³-hybridized carbons (Fsp3) is 0.600. The monoisotopic (exact) mass is 273 g/mol. The molecule has 1 aromatic heterocycles. The van der Waals surface area contributed by atoms with Crippen molar-refractivity contribution < 1.29 is 18.3 Å². The number of aryl methyl sites for hydroxylation is 1. The van der Waals surface area contributed by atoms with Gasteiger partial charge in [0.15, 0.2) is 5.03 Å². The second-order valence-corrected chi connectivity index (χ2v) is 5.98. The first-order valence-corrected chi connectivity index (χ1v) is 7.19. The van der Waals surface area contributed by atoms with Gasteiger partial charge in [-0.3, -0.25) is 4.79 Å². The van der Waals surface area contributed by atoms with E-state index in [1.807, 2.05) is 6.92 Å². The van der Waals surface area contributed by atoms with Crippen molar-refractivity contribution >= 4 is 16.0 Å². The van der Waals surface area contributed by atoms with Crippen LogP contribution in [0.2, 0.25) is 0 Å². The molecule has 1 aliphatic rings. The number of rotatable bonds is 6. The number of imidazole rings is 1. The van der Waals surface area contributed by atoms with Gasteiger partial charge in [-0.05, 0) is 25.7 Å². The lowest BCUT2D eigenvalue weighted by molar-refractivity contribution is -0.139. The van der Waals surface area contributed by atoms with Gasteiger partial charge in [-0.25, -0.2) is 13.4 Å². The average Bonchev–Trinajstić information content (AvgIpc) is 3.01. The molecule has 0 bridgehead atoms. The number of hydrogen-bond donors (Lipinski definition) is 2. The van der Waals surface area contributed by atoms with Gasteiger partial charge >= 0.3 is 5.97 Å². The minimum Gasteiger partial charge on any atom is -0.480 e. The molecule has 0 amide bonds. The molecule has 1 saturated carbocycles. The molecule has 1 unspecified atom stereocenters. The predicted molar refractivity (Wildman–Crippen MR) is 62.4 cm³/mol. The molecule has 0 saturated heterocycles. The summed E-state index contributed by atoms with van der Waals surface area (Å²) in [5.74, 6) is -1.25. The van der Waals surface area contributed by atoms with E-state index < -0.39 is 22.0 Å². The van der Waals surface area contributed by atoms with Gasteiger partial charge in [0.25, 0.3) is 10.0 Å². The molecule has 2 N–H and O–H groups in total. The summed E-state index contributed by atoms with van der Waals surface area (Å²) in [7, 11) is -3.86. The molecule has 2 rings (SSSR count). The number of nitrogens with zero attached hydrogens (tertiary/aromatic N) is 2. The van der Waals surface area contributed by atoms with Crippen molar-refractivity contribution in [2.24, 2.45) is 5.92 Å². The van der Waals surface area contributed by atoms with Crippen LogP contribution in [-0.2, 0) is 21.4 Å². The van der Waals surface area contributed by atoms with Crippen molar-refractivity contribution in [1.29, 1.82) is 0 Å². The Balaban J connectivity index is 2.17. The summed E-state index contributed by atoms with van der Waals surface area (Å²) in [5, 5.41) is 8.85. The summed E-state index contributed by atoms with van der Waals surface area (Å²) in [6, 6.07) is -1.05. The Labute approximate surface area is 105 Å². The number of carbonyl (C=O) groups is 1. The topological polar surface area (TPSA) is 101 Å². The molecular weight excluding hydrogens is 258 g/mol. The van der Waals surface area contributed by atoms with E-state index in [0.29, 0.717) is 6.54 Å². The third-order valence-corrected chi connectivity index (χ3v) is 4.22. The lowest BCUT2D eigenvalue weighted by Gasteiger charge is -2.12. The second-order valence-electron chi connectivity index (χ2n) is 4.32. The molecule has 1 heterocycles. The van der Waals surface area contributed by atoms with E-state index in [0.717, 1.165) is 12.8 Å². The molecule has 8 heteroatoms. The van der Waals surface area contributed by atoms with E-state index in [2.05, 4.69) is 9.71 Å². The highest BCUT2D eigenvalue weighted by molar-refractivity contribution is 7.89. The lowest BCUT2D eigenvalue weighted by Crippen LogP contribution is -2.42. The summed E-state index contributed by atoms with van der Waals surface area (Å²) in [6.45, 7) is 2.46. The van der Waals surface area contributed by atoms with Gasteiger partial charge in [0, 0.05) is 12.7 Å². The van der Waals surface area contributed by atoms with E-state index in [4.69, 9.17) is 5.11 Å². The van der Waals surface area contributed by atoms with Crippen LogP contribution >= 0.6 is 0 Å². The smallest absolute Gasteiger partial charge is 0.322 e. The second kappa shape index (κ2) is 4.69. The fourth-order valence-corrected chi connectivity index (χ4v) is 2.87. The summed E-state index contributed by atoms with van der Waals surface area (Å²) >= 11 is 0. The number of hydrogen-bond acceptors (Lipinski definition) is 4. The highest BCUT2D eigenvalue weighted by Crippen LogP contribution is 2.33. The summed E-state index contributed by atoms with van der Waals surface area (Å²) < 4.78 is 27.7. The molecule has 1 aliphatic carbocycles. The third-order valence-electron chi connectivity index (χ3n) is 2.89.